The van der Waals surface area contributed by atoms with E-state index in [1.165, 1.54) is 59.6 Å². The molecule has 0 aliphatic carbocycles. The van der Waals surface area contributed by atoms with Crippen LogP contribution in [0.25, 0.3) is 75.7 Å². The second kappa shape index (κ2) is 16.6. The van der Waals surface area contributed by atoms with Crippen LogP contribution in [-0.2, 0) is 0 Å². The van der Waals surface area contributed by atoms with Crippen molar-refractivity contribution in [2.75, 3.05) is 5.32 Å². The van der Waals surface area contributed by atoms with Crippen LogP contribution in [0.3, 0.4) is 0 Å². The van der Waals surface area contributed by atoms with Crippen molar-refractivity contribution in [1.82, 2.24) is 4.57 Å². The SMILES string of the molecule is C=C/C=C(\C=C1/Oc2ccccc21)n1c2ccccc2c2c3sc4ccc(-c5cccc(Nc6ccccc6-c6ccccc6)c5)cc4c3ccc21.CC.CCC. The van der Waals surface area contributed by atoms with E-state index in [1.54, 1.807) is 0 Å². The largest absolute Gasteiger partial charge is 0.456 e. The summed E-state index contributed by atoms with van der Waals surface area (Å²) in [7, 11) is 0. The molecule has 0 saturated heterocycles. The molecular formula is C53H46N2OS. The van der Waals surface area contributed by atoms with Crippen molar-refractivity contribution in [2.24, 2.45) is 0 Å². The molecule has 0 unspecified atom stereocenters. The predicted octanol–water partition coefficient (Wildman–Crippen LogP) is 16.1. The molecule has 280 valence electrons. The Labute approximate surface area is 339 Å². The maximum Gasteiger partial charge on any atom is 0.140 e. The van der Waals surface area contributed by atoms with Crippen LogP contribution in [0.2, 0.25) is 0 Å². The predicted molar refractivity (Wildman–Crippen MR) is 250 cm³/mol. The number of aromatic nitrogens is 1. The lowest BCUT2D eigenvalue weighted by Gasteiger charge is -2.23. The quantitative estimate of drug-likeness (QED) is 0.164. The van der Waals surface area contributed by atoms with E-state index < -0.39 is 0 Å². The van der Waals surface area contributed by atoms with Gasteiger partial charge >= 0.3 is 0 Å². The Balaban J connectivity index is 0.000000871. The van der Waals surface area contributed by atoms with Gasteiger partial charge in [0.1, 0.15) is 11.5 Å². The molecule has 0 saturated carbocycles. The molecule has 57 heavy (non-hydrogen) atoms. The Kier molecular flexibility index (Phi) is 10.9. The molecule has 0 amide bonds. The van der Waals surface area contributed by atoms with Crippen molar-refractivity contribution in [3.63, 3.8) is 0 Å². The van der Waals surface area contributed by atoms with Gasteiger partial charge in [0, 0.05) is 59.7 Å². The minimum Gasteiger partial charge on any atom is -0.456 e. The highest BCUT2D eigenvalue weighted by Gasteiger charge is 2.23. The second-order valence-corrected chi connectivity index (χ2v) is 14.8. The Morgan fingerprint density at radius 3 is 2.16 bits per heavy atom. The van der Waals surface area contributed by atoms with E-state index in [2.05, 4.69) is 188 Å². The van der Waals surface area contributed by atoms with Gasteiger partial charge in [-0.3, -0.25) is 0 Å². The Hall–Kier alpha value is -6.62. The smallest absolute Gasteiger partial charge is 0.140 e. The van der Waals surface area contributed by atoms with E-state index in [0.717, 1.165) is 45.2 Å². The van der Waals surface area contributed by atoms with Gasteiger partial charge in [-0.25, -0.2) is 0 Å². The zero-order chi connectivity index (χ0) is 39.3. The summed E-state index contributed by atoms with van der Waals surface area (Å²) in [6, 6.07) is 56.0. The highest BCUT2D eigenvalue weighted by molar-refractivity contribution is 7.26. The number of hydrogen-bond donors (Lipinski definition) is 1. The average molecular weight is 759 g/mol. The van der Waals surface area contributed by atoms with Gasteiger partial charge in [-0.05, 0) is 77.4 Å². The average Bonchev–Trinajstić information content (AvgIpc) is 3.79. The molecule has 0 fully saturated rings. The van der Waals surface area contributed by atoms with Gasteiger partial charge in [0.05, 0.1) is 16.6 Å². The van der Waals surface area contributed by atoms with E-state index >= 15 is 0 Å². The van der Waals surface area contributed by atoms with Crippen molar-refractivity contribution >= 4 is 76.1 Å². The molecule has 0 bridgehead atoms. The lowest BCUT2D eigenvalue weighted by atomic mass is 10.0. The molecule has 0 radical (unpaired) electrons. The van der Waals surface area contributed by atoms with Gasteiger partial charge in [-0.2, -0.15) is 0 Å². The van der Waals surface area contributed by atoms with Crippen LogP contribution in [0, 0.1) is 0 Å². The second-order valence-electron chi connectivity index (χ2n) is 13.8. The summed E-state index contributed by atoms with van der Waals surface area (Å²) in [5.74, 6) is 1.78. The lowest BCUT2D eigenvalue weighted by molar-refractivity contribution is 0.465. The first-order valence-corrected chi connectivity index (χ1v) is 20.7. The third kappa shape index (κ3) is 7.05. The van der Waals surface area contributed by atoms with Gasteiger partial charge in [0.15, 0.2) is 0 Å². The number of rotatable bonds is 7. The zero-order valence-electron chi connectivity index (χ0n) is 32.9. The van der Waals surface area contributed by atoms with Crippen LogP contribution < -0.4 is 10.1 Å². The lowest BCUT2D eigenvalue weighted by Crippen LogP contribution is -2.09. The molecule has 3 nitrogen and oxygen atoms in total. The fraction of sp³-hybridized carbons (Fsp3) is 0.0943. The van der Waals surface area contributed by atoms with Crippen molar-refractivity contribution in [1.29, 1.82) is 0 Å². The number of ether oxygens (including phenoxy) is 1. The number of benzene rings is 7. The summed E-state index contributed by atoms with van der Waals surface area (Å²) >= 11 is 1.87. The van der Waals surface area contributed by atoms with E-state index in [4.69, 9.17) is 4.74 Å². The van der Waals surface area contributed by atoms with Crippen LogP contribution >= 0.6 is 11.3 Å². The van der Waals surface area contributed by atoms with Gasteiger partial charge < -0.3 is 14.6 Å². The third-order valence-corrected chi connectivity index (χ3v) is 11.2. The Morgan fingerprint density at radius 1 is 0.649 bits per heavy atom. The molecule has 2 aromatic heterocycles. The van der Waals surface area contributed by atoms with Crippen LogP contribution in [0.4, 0.5) is 11.4 Å². The Bertz CT molecular complexity index is 2940. The summed E-state index contributed by atoms with van der Waals surface area (Å²) in [5.41, 5.74) is 11.3. The molecule has 1 aliphatic heterocycles. The van der Waals surface area contributed by atoms with Crippen molar-refractivity contribution in [3.8, 4) is 28.0 Å². The molecule has 0 atom stereocenters. The van der Waals surface area contributed by atoms with E-state index in [1.807, 2.05) is 43.4 Å². The van der Waals surface area contributed by atoms with E-state index in [0.29, 0.717) is 0 Å². The molecule has 4 heteroatoms. The van der Waals surface area contributed by atoms with Gasteiger partial charge in [-0.15, -0.1) is 11.3 Å². The van der Waals surface area contributed by atoms with Gasteiger partial charge in [0.25, 0.3) is 0 Å². The summed E-state index contributed by atoms with van der Waals surface area (Å²) in [5, 5.41) is 8.74. The van der Waals surface area contributed by atoms with Gasteiger partial charge in [0.2, 0.25) is 0 Å². The Morgan fingerprint density at radius 2 is 1.35 bits per heavy atom. The fourth-order valence-electron chi connectivity index (χ4n) is 7.57. The zero-order valence-corrected chi connectivity index (χ0v) is 33.7. The van der Waals surface area contributed by atoms with Crippen molar-refractivity contribution in [3.05, 3.63) is 188 Å². The molecule has 1 N–H and O–H groups in total. The monoisotopic (exact) mass is 758 g/mol. The van der Waals surface area contributed by atoms with Crippen LogP contribution in [0.1, 0.15) is 39.7 Å². The minimum absolute atomic E-state index is 0.866. The first kappa shape index (κ1) is 37.3. The summed E-state index contributed by atoms with van der Waals surface area (Å²) in [4.78, 5) is 0. The maximum atomic E-state index is 6.07. The molecular weight excluding hydrogens is 713 g/mol. The van der Waals surface area contributed by atoms with E-state index in [9.17, 15) is 0 Å². The van der Waals surface area contributed by atoms with E-state index in [-0.39, 0.29) is 0 Å². The topological polar surface area (TPSA) is 26.2 Å². The highest BCUT2D eigenvalue weighted by Crippen LogP contribution is 2.45. The normalized spacial score (nSPS) is 12.6. The molecule has 10 rings (SSSR count). The highest BCUT2D eigenvalue weighted by atomic mass is 32.1. The number of hydrogen-bond acceptors (Lipinski definition) is 3. The molecule has 1 aliphatic rings. The minimum atomic E-state index is 0.866. The van der Waals surface area contributed by atoms with Crippen LogP contribution in [0.15, 0.2) is 183 Å². The first-order chi connectivity index (χ1) is 28.1. The maximum absolute atomic E-state index is 6.07. The molecule has 9 aromatic rings. The standard InChI is InChI=1S/C48H32N2OS.C3H8.C2H6/c1-2-13-35(30-45-39-20-8-11-23-44(39)51-45)50-42-22-10-7-19-38(42)47-43(50)26-25-37-40-29-33(24-27-46(40)52-48(37)47)32-16-12-17-34(28-32)49-41-21-9-6-18-36(41)31-14-4-3-5-15-31;1-3-2;1-2/h2-30,49H,1H2;3H2,1-2H3;1-2H3/b35-13+,45-30-;;. The number of nitrogens with zero attached hydrogens (tertiary/aromatic N) is 1. The van der Waals surface area contributed by atoms with Crippen LogP contribution in [-0.4, -0.2) is 4.57 Å². The van der Waals surface area contributed by atoms with Crippen molar-refractivity contribution < 1.29 is 4.74 Å². The number of nitrogens with one attached hydrogen (secondary N) is 1. The summed E-state index contributed by atoms with van der Waals surface area (Å²) < 4.78 is 11.0. The van der Waals surface area contributed by atoms with Crippen molar-refractivity contribution in [2.45, 2.75) is 34.1 Å². The summed E-state index contributed by atoms with van der Waals surface area (Å²) in [6.45, 7) is 12.3. The molecule has 0 spiro atoms. The summed E-state index contributed by atoms with van der Waals surface area (Å²) in [6.07, 6.45) is 7.29. The fourth-order valence-corrected chi connectivity index (χ4v) is 8.81. The number of anilines is 2. The van der Waals surface area contributed by atoms with Gasteiger partial charge in [-0.1, -0.05) is 150 Å². The first-order valence-electron chi connectivity index (χ1n) is 19.9. The number of thiophene rings is 1. The number of fused-ring (bicyclic) bond motifs is 8. The number of allylic oxidation sites excluding steroid dienone is 4. The molecule has 3 heterocycles. The third-order valence-electron chi connectivity index (χ3n) is 9.96. The van der Waals surface area contributed by atoms with Crippen LogP contribution in [0.5, 0.6) is 5.75 Å². The number of para-hydroxylation sites is 3. The molecule has 7 aromatic carbocycles.